The van der Waals surface area contributed by atoms with Crippen molar-refractivity contribution in [1.29, 1.82) is 0 Å². The maximum Gasteiger partial charge on any atom is 0.261 e. The Kier molecular flexibility index (Phi) is 7.26. The van der Waals surface area contributed by atoms with E-state index in [2.05, 4.69) is 31.3 Å². The second-order valence-corrected chi connectivity index (χ2v) is 10.5. The van der Waals surface area contributed by atoms with Crippen LogP contribution in [0.3, 0.4) is 0 Å². The first-order chi connectivity index (χ1) is 14.5. The fourth-order valence-corrected chi connectivity index (χ4v) is 5.28. The van der Waals surface area contributed by atoms with E-state index >= 15 is 0 Å². The van der Waals surface area contributed by atoms with Gasteiger partial charge in [0.1, 0.15) is 0 Å². The summed E-state index contributed by atoms with van der Waals surface area (Å²) in [5.74, 6) is 0. The fourth-order valence-electron chi connectivity index (χ4n) is 3.13. The van der Waals surface area contributed by atoms with Crippen molar-refractivity contribution in [1.82, 2.24) is 0 Å². The Hall–Kier alpha value is -2.13. The molecule has 0 unspecified atom stereocenters. The third-order valence-electron chi connectivity index (χ3n) is 4.52. The van der Waals surface area contributed by atoms with Crippen LogP contribution in [0.2, 0.25) is 5.02 Å². The standard InChI is InChI=1S/C22H21BrClN3O2S2/c1-13-10-14(2)21(15(3)11-13)27-31(28,29)18-7-5-17(6-8-18)25-22(30)26-20-9-4-16(23)12-19(20)24/h4-12,27H,1-3H3,(H2,25,26,30). The number of rotatable bonds is 5. The third kappa shape index (κ3) is 5.98. The normalized spacial score (nSPS) is 11.1. The van der Waals surface area contributed by atoms with Crippen molar-refractivity contribution in [3.8, 4) is 0 Å². The molecule has 0 spiro atoms. The number of hydrogen-bond donors (Lipinski definition) is 3. The summed E-state index contributed by atoms with van der Waals surface area (Å²) in [7, 11) is -3.72. The number of benzene rings is 3. The maximum atomic E-state index is 12.8. The lowest BCUT2D eigenvalue weighted by molar-refractivity contribution is 0.601. The second-order valence-electron chi connectivity index (χ2n) is 7.11. The molecular formula is C22H21BrClN3O2S2. The maximum absolute atomic E-state index is 12.8. The average Bonchev–Trinajstić information content (AvgIpc) is 2.67. The van der Waals surface area contributed by atoms with Crippen molar-refractivity contribution in [2.45, 2.75) is 25.7 Å². The summed E-state index contributed by atoms with van der Waals surface area (Å²) in [6, 6.07) is 15.7. The molecule has 0 bridgehead atoms. The summed E-state index contributed by atoms with van der Waals surface area (Å²) < 4.78 is 29.2. The van der Waals surface area contributed by atoms with Crippen LogP contribution in [0.1, 0.15) is 16.7 Å². The van der Waals surface area contributed by atoms with Crippen LogP contribution in [0.15, 0.2) is 64.0 Å². The van der Waals surface area contributed by atoms with Gasteiger partial charge < -0.3 is 10.6 Å². The lowest BCUT2D eigenvalue weighted by Crippen LogP contribution is -2.19. The van der Waals surface area contributed by atoms with Gasteiger partial charge in [0.2, 0.25) is 0 Å². The van der Waals surface area contributed by atoms with Gasteiger partial charge in [0.15, 0.2) is 5.11 Å². The SMILES string of the molecule is Cc1cc(C)c(NS(=O)(=O)c2ccc(NC(=S)Nc3ccc(Br)cc3Cl)cc2)c(C)c1. The number of anilines is 3. The minimum absolute atomic E-state index is 0.159. The Morgan fingerprint density at radius 3 is 2.13 bits per heavy atom. The van der Waals surface area contributed by atoms with Crippen LogP contribution < -0.4 is 15.4 Å². The van der Waals surface area contributed by atoms with E-state index < -0.39 is 10.0 Å². The molecule has 0 saturated carbocycles. The predicted octanol–water partition coefficient (Wildman–Crippen LogP) is 6.64. The largest absolute Gasteiger partial charge is 0.332 e. The Morgan fingerprint density at radius 1 is 0.935 bits per heavy atom. The zero-order valence-electron chi connectivity index (χ0n) is 17.1. The molecule has 162 valence electrons. The number of aryl methyl sites for hydroxylation is 3. The number of thiocarbonyl (C=S) groups is 1. The summed E-state index contributed by atoms with van der Waals surface area (Å²) >= 11 is 14.9. The number of hydrogen-bond acceptors (Lipinski definition) is 3. The van der Waals surface area contributed by atoms with Gasteiger partial charge in [0, 0.05) is 10.2 Å². The van der Waals surface area contributed by atoms with Crippen molar-refractivity contribution in [3.63, 3.8) is 0 Å². The summed E-state index contributed by atoms with van der Waals surface area (Å²) in [6.07, 6.45) is 0. The molecule has 9 heteroatoms. The molecule has 0 aliphatic rings. The Bertz CT molecular complexity index is 1220. The van der Waals surface area contributed by atoms with Crippen molar-refractivity contribution >= 4 is 71.9 Å². The zero-order valence-corrected chi connectivity index (χ0v) is 21.1. The molecule has 3 N–H and O–H groups in total. The topological polar surface area (TPSA) is 70.2 Å². The van der Waals surface area contributed by atoms with Crippen molar-refractivity contribution in [2.24, 2.45) is 0 Å². The second kappa shape index (κ2) is 9.56. The molecule has 3 aromatic rings. The first-order valence-electron chi connectivity index (χ1n) is 9.29. The van der Waals surface area contributed by atoms with Gasteiger partial charge in [-0.05, 0) is 86.6 Å². The Labute approximate surface area is 201 Å². The van der Waals surface area contributed by atoms with E-state index in [0.717, 1.165) is 21.2 Å². The highest BCUT2D eigenvalue weighted by Gasteiger charge is 2.17. The molecule has 0 saturated heterocycles. The summed E-state index contributed by atoms with van der Waals surface area (Å²) in [4.78, 5) is 0.159. The van der Waals surface area contributed by atoms with Gasteiger partial charge >= 0.3 is 0 Å². The van der Waals surface area contributed by atoms with Gasteiger partial charge in [0.25, 0.3) is 10.0 Å². The van der Waals surface area contributed by atoms with Gasteiger partial charge in [-0.2, -0.15) is 0 Å². The molecule has 0 atom stereocenters. The van der Waals surface area contributed by atoms with E-state index in [-0.39, 0.29) is 4.90 Å². The molecule has 0 amide bonds. The van der Waals surface area contributed by atoms with Gasteiger partial charge in [-0.3, -0.25) is 4.72 Å². The summed E-state index contributed by atoms with van der Waals surface area (Å²) in [5.41, 5.74) is 4.75. The fraction of sp³-hybridized carbons (Fsp3) is 0.136. The minimum Gasteiger partial charge on any atom is -0.332 e. The lowest BCUT2D eigenvalue weighted by atomic mass is 10.1. The molecule has 3 aromatic carbocycles. The predicted molar refractivity (Wildman–Crippen MR) is 137 cm³/mol. The number of halogens is 2. The molecule has 5 nitrogen and oxygen atoms in total. The minimum atomic E-state index is -3.72. The zero-order chi connectivity index (χ0) is 22.8. The molecule has 0 heterocycles. The highest BCUT2D eigenvalue weighted by Crippen LogP contribution is 2.27. The molecule has 0 aliphatic carbocycles. The first-order valence-corrected chi connectivity index (χ1v) is 12.4. The number of sulfonamides is 1. The van der Waals surface area contributed by atoms with Gasteiger partial charge in [-0.25, -0.2) is 8.42 Å². The molecule has 0 aliphatic heterocycles. The Balaban J connectivity index is 1.71. The molecule has 0 fully saturated rings. The quantitative estimate of drug-likeness (QED) is 0.318. The van der Waals surface area contributed by atoms with E-state index in [1.54, 1.807) is 24.3 Å². The van der Waals surface area contributed by atoms with E-state index in [4.69, 9.17) is 23.8 Å². The van der Waals surface area contributed by atoms with Gasteiger partial charge in [0.05, 0.1) is 21.3 Å². The van der Waals surface area contributed by atoms with E-state index in [9.17, 15) is 8.42 Å². The molecule has 3 rings (SSSR count). The van der Waals surface area contributed by atoms with Gasteiger partial charge in [-0.15, -0.1) is 0 Å². The Morgan fingerprint density at radius 2 is 1.55 bits per heavy atom. The van der Waals surface area contributed by atoms with Crippen molar-refractivity contribution in [2.75, 3.05) is 15.4 Å². The first kappa shape index (κ1) is 23.5. The smallest absolute Gasteiger partial charge is 0.261 e. The van der Waals surface area contributed by atoms with Gasteiger partial charge in [-0.1, -0.05) is 45.2 Å². The summed E-state index contributed by atoms with van der Waals surface area (Å²) in [5, 5.41) is 6.90. The highest BCUT2D eigenvalue weighted by atomic mass is 79.9. The van der Waals surface area contributed by atoms with Crippen molar-refractivity contribution < 1.29 is 8.42 Å². The highest BCUT2D eigenvalue weighted by molar-refractivity contribution is 9.10. The third-order valence-corrected chi connectivity index (χ3v) is 6.89. The van der Waals surface area contributed by atoms with Crippen LogP contribution in [0, 0.1) is 20.8 Å². The number of nitrogens with one attached hydrogen (secondary N) is 3. The van der Waals surface area contributed by atoms with E-state index in [0.29, 0.717) is 27.2 Å². The van der Waals surface area contributed by atoms with E-state index in [1.165, 1.54) is 12.1 Å². The molecule has 0 radical (unpaired) electrons. The van der Waals surface area contributed by atoms with E-state index in [1.807, 2.05) is 39.0 Å². The lowest BCUT2D eigenvalue weighted by Gasteiger charge is -2.15. The molecular weight excluding hydrogens is 518 g/mol. The van der Waals surface area contributed by atoms with Crippen LogP contribution in [0.4, 0.5) is 17.1 Å². The van der Waals surface area contributed by atoms with Crippen LogP contribution in [0.25, 0.3) is 0 Å². The summed E-state index contributed by atoms with van der Waals surface area (Å²) in [6.45, 7) is 5.75. The van der Waals surface area contributed by atoms with Crippen LogP contribution >= 0.6 is 39.7 Å². The molecule has 0 aromatic heterocycles. The molecule has 31 heavy (non-hydrogen) atoms. The average molecular weight is 539 g/mol. The van der Waals surface area contributed by atoms with Crippen LogP contribution in [0.5, 0.6) is 0 Å². The van der Waals surface area contributed by atoms with Crippen molar-refractivity contribution in [3.05, 3.63) is 80.8 Å². The monoisotopic (exact) mass is 537 g/mol. The van der Waals surface area contributed by atoms with Crippen LogP contribution in [-0.4, -0.2) is 13.5 Å². The van der Waals surface area contributed by atoms with Crippen LogP contribution in [-0.2, 0) is 10.0 Å².